The molecule has 19 heavy (non-hydrogen) atoms. The highest BCUT2D eigenvalue weighted by atomic mass is 16.4. The Bertz CT molecular complexity index is 629. The van der Waals surface area contributed by atoms with Gasteiger partial charge in [-0.1, -0.05) is 6.07 Å². The number of rotatable bonds is 6. The van der Waals surface area contributed by atoms with Crippen LogP contribution in [0.15, 0.2) is 27.4 Å². The van der Waals surface area contributed by atoms with Crippen molar-refractivity contribution in [3.05, 3.63) is 34.3 Å². The lowest BCUT2D eigenvalue weighted by atomic mass is 10.2. The van der Waals surface area contributed by atoms with E-state index in [2.05, 4.69) is 4.98 Å². The van der Waals surface area contributed by atoms with Crippen molar-refractivity contribution in [2.24, 2.45) is 0 Å². The number of nitrogens with zero attached hydrogens (tertiary/aromatic N) is 1. The summed E-state index contributed by atoms with van der Waals surface area (Å²) in [5.74, 6) is -1.23. The number of H-pyrrole nitrogens is 1. The van der Waals surface area contributed by atoms with Crippen LogP contribution in [0.1, 0.15) is 18.4 Å². The van der Waals surface area contributed by atoms with E-state index >= 15 is 0 Å². The highest BCUT2D eigenvalue weighted by Crippen LogP contribution is 2.13. The van der Waals surface area contributed by atoms with Crippen LogP contribution in [0.2, 0.25) is 0 Å². The normalized spacial score (nSPS) is 11.3. The Morgan fingerprint density at radius 1 is 1.47 bits per heavy atom. The average Bonchev–Trinajstić information content (AvgIpc) is 2.67. The van der Waals surface area contributed by atoms with Gasteiger partial charge in [0.1, 0.15) is 0 Å². The minimum absolute atomic E-state index is 0.177. The van der Waals surface area contributed by atoms with Crippen molar-refractivity contribution >= 4 is 17.1 Å². The molecule has 0 spiro atoms. The molecule has 102 valence electrons. The number of oxazole rings is 1. The van der Waals surface area contributed by atoms with Crippen molar-refractivity contribution in [2.75, 3.05) is 13.6 Å². The van der Waals surface area contributed by atoms with Crippen LogP contribution in [-0.4, -0.2) is 34.6 Å². The quantitative estimate of drug-likeness (QED) is 0.824. The molecule has 2 N–H and O–H groups in total. The minimum Gasteiger partial charge on any atom is -0.481 e. The van der Waals surface area contributed by atoms with Gasteiger partial charge in [-0.15, -0.1) is 0 Å². The zero-order valence-corrected chi connectivity index (χ0v) is 10.7. The molecule has 1 aromatic heterocycles. The summed E-state index contributed by atoms with van der Waals surface area (Å²) in [7, 11) is 1.93. The van der Waals surface area contributed by atoms with Crippen molar-refractivity contribution in [3.8, 4) is 0 Å². The maximum Gasteiger partial charge on any atom is 0.417 e. The van der Waals surface area contributed by atoms with Gasteiger partial charge in [0.15, 0.2) is 5.58 Å². The number of carboxylic acid groups (broad SMARTS) is 1. The second kappa shape index (κ2) is 5.71. The zero-order chi connectivity index (χ0) is 13.8. The summed E-state index contributed by atoms with van der Waals surface area (Å²) in [4.78, 5) is 26.1. The number of carboxylic acids is 1. The van der Waals surface area contributed by atoms with E-state index in [9.17, 15) is 9.59 Å². The van der Waals surface area contributed by atoms with E-state index in [0.29, 0.717) is 30.6 Å². The first-order valence-corrected chi connectivity index (χ1v) is 6.06. The van der Waals surface area contributed by atoms with Gasteiger partial charge < -0.3 is 14.4 Å². The number of nitrogens with one attached hydrogen (secondary N) is 1. The Balaban J connectivity index is 1.96. The third kappa shape index (κ3) is 3.69. The molecule has 1 heterocycles. The number of hydrogen-bond acceptors (Lipinski definition) is 4. The third-order valence-electron chi connectivity index (χ3n) is 2.87. The summed E-state index contributed by atoms with van der Waals surface area (Å²) >= 11 is 0. The van der Waals surface area contributed by atoms with Crippen LogP contribution >= 0.6 is 0 Å². The average molecular weight is 264 g/mol. The molecule has 0 aliphatic rings. The Labute approximate surface area is 109 Å². The topological polar surface area (TPSA) is 86.5 Å². The van der Waals surface area contributed by atoms with Crippen molar-refractivity contribution in [2.45, 2.75) is 19.4 Å². The predicted molar refractivity (Wildman–Crippen MR) is 70.0 cm³/mol. The lowest BCUT2D eigenvalue weighted by Crippen LogP contribution is -2.19. The lowest BCUT2D eigenvalue weighted by Gasteiger charge is -2.15. The number of fused-ring (bicyclic) bond motifs is 1. The molecule has 0 radical (unpaired) electrons. The Hall–Kier alpha value is -2.08. The molecule has 0 unspecified atom stereocenters. The van der Waals surface area contributed by atoms with Crippen LogP contribution in [0.3, 0.4) is 0 Å². The molecule has 0 aliphatic heterocycles. The largest absolute Gasteiger partial charge is 0.481 e. The summed E-state index contributed by atoms with van der Waals surface area (Å²) in [5, 5.41) is 8.57. The minimum atomic E-state index is -0.774. The van der Waals surface area contributed by atoms with E-state index in [-0.39, 0.29) is 6.42 Å². The number of carbonyl (C=O) groups is 1. The fraction of sp³-hybridized carbons (Fsp3) is 0.385. The molecule has 0 bridgehead atoms. The molecular formula is C13H16N2O4. The Morgan fingerprint density at radius 3 is 3.00 bits per heavy atom. The first-order valence-electron chi connectivity index (χ1n) is 6.06. The summed E-state index contributed by atoms with van der Waals surface area (Å²) in [5.41, 5.74) is 2.25. The maximum atomic E-state index is 11.0. The second-order valence-electron chi connectivity index (χ2n) is 4.58. The molecule has 0 amide bonds. The van der Waals surface area contributed by atoms with E-state index in [4.69, 9.17) is 9.52 Å². The summed E-state index contributed by atoms with van der Waals surface area (Å²) < 4.78 is 5.00. The number of aliphatic carboxylic acids is 1. The van der Waals surface area contributed by atoms with Gasteiger partial charge in [0, 0.05) is 13.0 Å². The Morgan fingerprint density at radius 2 is 2.26 bits per heavy atom. The van der Waals surface area contributed by atoms with Crippen molar-refractivity contribution in [1.82, 2.24) is 9.88 Å². The van der Waals surface area contributed by atoms with Crippen molar-refractivity contribution in [3.63, 3.8) is 0 Å². The van der Waals surface area contributed by atoms with Gasteiger partial charge in [-0.2, -0.15) is 0 Å². The number of hydrogen-bond donors (Lipinski definition) is 2. The van der Waals surface area contributed by atoms with Gasteiger partial charge in [0.25, 0.3) is 0 Å². The molecule has 6 nitrogen and oxygen atoms in total. The Kier molecular flexibility index (Phi) is 4.01. The molecule has 0 atom stereocenters. The maximum absolute atomic E-state index is 11.0. The fourth-order valence-electron chi connectivity index (χ4n) is 1.98. The van der Waals surface area contributed by atoms with Gasteiger partial charge in [0.2, 0.25) is 0 Å². The molecule has 1 aromatic carbocycles. The monoisotopic (exact) mass is 264 g/mol. The molecule has 0 fully saturated rings. The standard InChI is InChI=1S/C13H16N2O4/c1-15(6-2-3-12(16)17)8-9-4-5-10-11(7-9)19-13(18)14-10/h4-5,7H,2-3,6,8H2,1H3,(H,14,18)(H,16,17). The van der Waals surface area contributed by atoms with Crippen LogP contribution in [0.4, 0.5) is 0 Å². The summed E-state index contributed by atoms with van der Waals surface area (Å²) in [6, 6.07) is 5.54. The van der Waals surface area contributed by atoms with Gasteiger partial charge in [-0.25, -0.2) is 4.79 Å². The second-order valence-corrected chi connectivity index (χ2v) is 4.58. The first-order chi connectivity index (χ1) is 9.04. The van der Waals surface area contributed by atoms with E-state index in [1.165, 1.54) is 0 Å². The summed E-state index contributed by atoms with van der Waals surface area (Å²) in [6.45, 7) is 1.39. The van der Waals surface area contributed by atoms with E-state index in [1.807, 2.05) is 24.1 Å². The lowest BCUT2D eigenvalue weighted by molar-refractivity contribution is -0.137. The van der Waals surface area contributed by atoms with Crippen LogP contribution in [-0.2, 0) is 11.3 Å². The molecule has 0 saturated heterocycles. The van der Waals surface area contributed by atoms with Gasteiger partial charge in [-0.3, -0.25) is 9.78 Å². The number of aromatic amines is 1. The van der Waals surface area contributed by atoms with Crippen LogP contribution in [0.5, 0.6) is 0 Å². The molecule has 0 aliphatic carbocycles. The van der Waals surface area contributed by atoms with Gasteiger partial charge in [0.05, 0.1) is 5.52 Å². The molecule has 0 saturated carbocycles. The van der Waals surface area contributed by atoms with Crippen molar-refractivity contribution < 1.29 is 14.3 Å². The van der Waals surface area contributed by atoms with E-state index in [1.54, 1.807) is 6.07 Å². The number of benzene rings is 1. The molecule has 2 rings (SSSR count). The third-order valence-corrected chi connectivity index (χ3v) is 2.87. The molecule has 2 aromatic rings. The zero-order valence-electron chi connectivity index (χ0n) is 10.7. The van der Waals surface area contributed by atoms with Crippen molar-refractivity contribution in [1.29, 1.82) is 0 Å². The van der Waals surface area contributed by atoms with Gasteiger partial charge >= 0.3 is 11.7 Å². The summed E-state index contributed by atoms with van der Waals surface area (Å²) in [6.07, 6.45) is 0.795. The highest BCUT2D eigenvalue weighted by molar-refractivity contribution is 5.72. The van der Waals surface area contributed by atoms with E-state index in [0.717, 1.165) is 5.56 Å². The first kappa shape index (κ1) is 13.4. The highest BCUT2D eigenvalue weighted by Gasteiger charge is 2.05. The van der Waals surface area contributed by atoms with Crippen LogP contribution in [0, 0.1) is 0 Å². The fourth-order valence-corrected chi connectivity index (χ4v) is 1.98. The molecule has 6 heteroatoms. The smallest absolute Gasteiger partial charge is 0.417 e. The SMILES string of the molecule is CN(CCCC(=O)O)Cc1ccc2[nH]c(=O)oc2c1. The predicted octanol–water partition coefficient (Wildman–Crippen LogP) is 1.42. The van der Waals surface area contributed by atoms with Crippen LogP contribution < -0.4 is 5.76 Å². The molecular weight excluding hydrogens is 248 g/mol. The van der Waals surface area contributed by atoms with Gasteiger partial charge in [-0.05, 0) is 37.7 Å². The van der Waals surface area contributed by atoms with E-state index < -0.39 is 11.7 Å². The van der Waals surface area contributed by atoms with Crippen LogP contribution in [0.25, 0.3) is 11.1 Å². The number of aromatic nitrogens is 1.